The second kappa shape index (κ2) is 8.95. The zero-order chi connectivity index (χ0) is 21.1. The van der Waals surface area contributed by atoms with Gasteiger partial charge in [0.15, 0.2) is 0 Å². The topological polar surface area (TPSA) is 115 Å². The number of aliphatic carboxylic acids is 2. The maximum Gasteiger partial charge on any atom is 0.300 e. The number of aliphatic hydroxyl groups excluding tert-OH is 1. The standard InChI is InChI=1S/C18H24O2.2C2H4O2/c1-18-9-8-14-13-5-3-12(19)10-11(13)2-4-15(14)16(18)6-7-17(18)20;2*1-2(3)4/h3,5,10,14-17,19-20H,2,4,6-9H2,1H3;2*1H3,(H,3,4)/t14-,15-,16+,17+,18+;;/m1../s1. The van der Waals surface area contributed by atoms with Crippen molar-refractivity contribution in [3.8, 4) is 5.75 Å². The van der Waals surface area contributed by atoms with Crippen LogP contribution in [0.2, 0.25) is 0 Å². The van der Waals surface area contributed by atoms with Gasteiger partial charge in [0.2, 0.25) is 0 Å². The van der Waals surface area contributed by atoms with Crippen molar-refractivity contribution in [1.82, 2.24) is 0 Å². The number of carboxylic acid groups (broad SMARTS) is 2. The number of aryl methyl sites for hydroxylation is 1. The minimum Gasteiger partial charge on any atom is -0.508 e. The SMILES string of the molecule is CC(=O)O.CC(=O)O.C[C@]12CC[C@@H]3c4ccc(O)cc4CC[C@H]3[C@@H]1CC[C@@H]2O. The highest BCUT2D eigenvalue weighted by atomic mass is 16.4. The average Bonchev–Trinajstić information content (AvgIpc) is 2.89. The highest BCUT2D eigenvalue weighted by Gasteiger charge is 2.54. The van der Waals surface area contributed by atoms with Gasteiger partial charge in [-0.15, -0.1) is 0 Å². The quantitative estimate of drug-likeness (QED) is 0.534. The molecule has 3 aliphatic carbocycles. The number of carboxylic acids is 2. The van der Waals surface area contributed by atoms with Crippen LogP contribution in [0, 0.1) is 17.3 Å². The fraction of sp³-hybridized carbons (Fsp3) is 0.636. The number of fused-ring (bicyclic) bond motifs is 5. The Kier molecular flexibility index (Phi) is 7.10. The van der Waals surface area contributed by atoms with Crippen molar-refractivity contribution < 1.29 is 30.0 Å². The van der Waals surface area contributed by atoms with Gasteiger partial charge in [0, 0.05) is 13.8 Å². The molecule has 1 aromatic rings. The summed E-state index contributed by atoms with van der Waals surface area (Å²) in [4.78, 5) is 18.0. The molecule has 0 aromatic heterocycles. The Bertz CT molecular complexity index is 695. The highest BCUT2D eigenvalue weighted by Crippen LogP contribution is 2.60. The Labute approximate surface area is 166 Å². The number of aromatic hydroxyl groups is 1. The second-order valence-electron chi connectivity index (χ2n) is 8.47. The molecule has 1 aromatic carbocycles. The molecule has 0 heterocycles. The number of phenols is 1. The van der Waals surface area contributed by atoms with Crippen LogP contribution in [-0.2, 0) is 16.0 Å². The lowest BCUT2D eigenvalue weighted by Crippen LogP contribution is -2.43. The first-order valence-corrected chi connectivity index (χ1v) is 9.95. The zero-order valence-electron chi connectivity index (χ0n) is 16.9. The minimum absolute atomic E-state index is 0.0883. The van der Waals surface area contributed by atoms with Crippen LogP contribution in [0.5, 0.6) is 5.75 Å². The molecule has 28 heavy (non-hydrogen) atoms. The van der Waals surface area contributed by atoms with Gasteiger partial charge in [0.1, 0.15) is 5.75 Å². The first kappa shape index (κ1) is 22.2. The number of hydrogen-bond acceptors (Lipinski definition) is 4. The van der Waals surface area contributed by atoms with Crippen molar-refractivity contribution in [2.24, 2.45) is 17.3 Å². The molecule has 156 valence electrons. The van der Waals surface area contributed by atoms with E-state index in [1.807, 2.05) is 12.1 Å². The molecule has 0 radical (unpaired) electrons. The van der Waals surface area contributed by atoms with Crippen LogP contribution in [0.4, 0.5) is 0 Å². The maximum absolute atomic E-state index is 10.4. The Morgan fingerprint density at radius 1 is 1.04 bits per heavy atom. The van der Waals surface area contributed by atoms with Gasteiger partial charge in [-0.3, -0.25) is 9.59 Å². The third kappa shape index (κ3) is 4.85. The van der Waals surface area contributed by atoms with E-state index in [2.05, 4.69) is 13.0 Å². The van der Waals surface area contributed by atoms with E-state index in [1.54, 1.807) is 0 Å². The average molecular weight is 392 g/mol. The number of benzene rings is 1. The second-order valence-corrected chi connectivity index (χ2v) is 8.47. The van der Waals surface area contributed by atoms with Gasteiger partial charge in [-0.05, 0) is 85.0 Å². The highest BCUT2D eigenvalue weighted by molar-refractivity contribution is 5.63. The monoisotopic (exact) mass is 392 g/mol. The molecular weight excluding hydrogens is 360 g/mol. The molecule has 6 nitrogen and oxygen atoms in total. The molecule has 0 amide bonds. The molecule has 0 saturated heterocycles. The number of aliphatic hydroxyl groups is 1. The van der Waals surface area contributed by atoms with E-state index in [0.717, 1.165) is 39.0 Å². The van der Waals surface area contributed by atoms with Crippen molar-refractivity contribution in [2.45, 2.75) is 71.3 Å². The van der Waals surface area contributed by atoms with E-state index in [-0.39, 0.29) is 11.5 Å². The van der Waals surface area contributed by atoms with Crippen LogP contribution < -0.4 is 0 Å². The summed E-state index contributed by atoms with van der Waals surface area (Å²) in [6.45, 7) is 4.48. The molecule has 4 rings (SSSR count). The third-order valence-electron chi connectivity index (χ3n) is 6.66. The lowest BCUT2D eigenvalue weighted by Gasteiger charge is -2.50. The van der Waals surface area contributed by atoms with Gasteiger partial charge in [0.05, 0.1) is 6.10 Å². The van der Waals surface area contributed by atoms with Crippen molar-refractivity contribution in [3.05, 3.63) is 29.3 Å². The molecule has 2 fully saturated rings. The molecule has 0 spiro atoms. The Morgan fingerprint density at radius 3 is 2.25 bits per heavy atom. The van der Waals surface area contributed by atoms with Gasteiger partial charge in [-0.1, -0.05) is 13.0 Å². The largest absolute Gasteiger partial charge is 0.508 e. The molecule has 2 saturated carbocycles. The van der Waals surface area contributed by atoms with Crippen LogP contribution in [-0.4, -0.2) is 38.5 Å². The minimum atomic E-state index is -0.833. The van der Waals surface area contributed by atoms with Gasteiger partial charge >= 0.3 is 0 Å². The first-order chi connectivity index (χ1) is 13.1. The summed E-state index contributed by atoms with van der Waals surface area (Å²) in [5.74, 6) is 0.822. The van der Waals surface area contributed by atoms with E-state index in [9.17, 15) is 10.2 Å². The molecule has 6 heteroatoms. The lowest BCUT2D eigenvalue weighted by molar-refractivity contribution is -0.135. The fourth-order valence-corrected chi connectivity index (χ4v) is 5.54. The summed E-state index contributed by atoms with van der Waals surface area (Å²) < 4.78 is 0. The van der Waals surface area contributed by atoms with Crippen LogP contribution in [0.15, 0.2) is 18.2 Å². The zero-order valence-corrected chi connectivity index (χ0v) is 16.9. The van der Waals surface area contributed by atoms with Crippen molar-refractivity contribution in [1.29, 1.82) is 0 Å². The molecule has 3 aliphatic rings. The van der Waals surface area contributed by atoms with Crippen LogP contribution in [0.3, 0.4) is 0 Å². The number of rotatable bonds is 0. The molecular formula is C22H32O6. The third-order valence-corrected chi connectivity index (χ3v) is 6.66. The van der Waals surface area contributed by atoms with E-state index in [0.29, 0.717) is 17.6 Å². The maximum atomic E-state index is 10.4. The predicted octanol–water partition coefficient (Wildman–Crippen LogP) is 3.79. The van der Waals surface area contributed by atoms with Crippen LogP contribution >= 0.6 is 0 Å². The van der Waals surface area contributed by atoms with E-state index in [1.165, 1.54) is 30.4 Å². The molecule has 4 N–H and O–H groups in total. The number of hydrogen-bond donors (Lipinski definition) is 4. The van der Waals surface area contributed by atoms with Crippen LogP contribution in [0.25, 0.3) is 0 Å². The fourth-order valence-electron chi connectivity index (χ4n) is 5.54. The van der Waals surface area contributed by atoms with Crippen LogP contribution in [0.1, 0.15) is 69.9 Å². The molecule has 0 bridgehead atoms. The first-order valence-electron chi connectivity index (χ1n) is 9.95. The summed E-state index contributed by atoms with van der Waals surface area (Å²) in [5, 5.41) is 34.9. The summed E-state index contributed by atoms with van der Waals surface area (Å²) in [6, 6.07) is 5.96. The van der Waals surface area contributed by atoms with E-state index < -0.39 is 11.9 Å². The van der Waals surface area contributed by atoms with E-state index >= 15 is 0 Å². The Morgan fingerprint density at radius 2 is 1.64 bits per heavy atom. The molecule has 5 atom stereocenters. The number of phenolic OH excluding ortho intramolecular Hbond substituents is 1. The van der Waals surface area contributed by atoms with Gasteiger partial charge in [-0.25, -0.2) is 0 Å². The predicted molar refractivity (Wildman–Crippen MR) is 105 cm³/mol. The van der Waals surface area contributed by atoms with Gasteiger partial charge < -0.3 is 20.4 Å². The van der Waals surface area contributed by atoms with Gasteiger partial charge in [-0.2, -0.15) is 0 Å². The molecule has 0 aliphatic heterocycles. The van der Waals surface area contributed by atoms with Crippen molar-refractivity contribution in [2.75, 3.05) is 0 Å². The Balaban J connectivity index is 0.000000302. The lowest BCUT2D eigenvalue weighted by atomic mass is 9.55. The summed E-state index contributed by atoms with van der Waals surface area (Å²) in [5.41, 5.74) is 2.99. The van der Waals surface area contributed by atoms with Crippen molar-refractivity contribution in [3.63, 3.8) is 0 Å². The van der Waals surface area contributed by atoms with Gasteiger partial charge in [0.25, 0.3) is 11.9 Å². The summed E-state index contributed by atoms with van der Waals surface area (Å²) >= 11 is 0. The summed E-state index contributed by atoms with van der Waals surface area (Å²) in [7, 11) is 0. The van der Waals surface area contributed by atoms with Crippen molar-refractivity contribution >= 4 is 11.9 Å². The normalized spacial score (nSPS) is 32.3. The Hall–Kier alpha value is -2.08. The van der Waals surface area contributed by atoms with E-state index in [4.69, 9.17) is 19.8 Å². The smallest absolute Gasteiger partial charge is 0.300 e. The summed E-state index contributed by atoms with van der Waals surface area (Å²) in [6.07, 6.45) is 6.78. The number of carbonyl (C=O) groups is 2. The molecule has 0 unspecified atom stereocenters.